The molecule has 1 N–H and O–H groups in total. The van der Waals surface area contributed by atoms with E-state index >= 15 is 0 Å². The highest BCUT2D eigenvalue weighted by Gasteiger charge is 2.11. The number of nitrogens with one attached hydrogen (secondary N) is 1. The van der Waals surface area contributed by atoms with Gasteiger partial charge in [-0.1, -0.05) is 30.3 Å². The summed E-state index contributed by atoms with van der Waals surface area (Å²) < 4.78 is 0. The smallest absolute Gasteiger partial charge is 0.256 e. The van der Waals surface area contributed by atoms with E-state index in [-0.39, 0.29) is 11.7 Å². The number of para-hydroxylation sites is 1. The number of aromatic nitrogens is 1. The van der Waals surface area contributed by atoms with E-state index in [1.54, 1.807) is 36.5 Å². The number of ketones is 1. The number of fused-ring (bicyclic) bond motifs is 1. The Labute approximate surface area is 127 Å². The minimum Gasteiger partial charge on any atom is -0.322 e. The third-order valence-electron chi connectivity index (χ3n) is 3.42. The number of carbonyl (C=O) groups excluding carboxylic acids is 2. The number of pyridine rings is 1. The van der Waals surface area contributed by atoms with Crippen molar-refractivity contribution in [1.29, 1.82) is 0 Å². The molecule has 4 nitrogen and oxygen atoms in total. The second-order valence-electron chi connectivity index (χ2n) is 4.97. The first-order chi connectivity index (χ1) is 10.6. The molecule has 0 radical (unpaired) electrons. The zero-order valence-corrected chi connectivity index (χ0v) is 12.0. The van der Waals surface area contributed by atoms with Gasteiger partial charge in [0.05, 0.1) is 11.1 Å². The van der Waals surface area contributed by atoms with Crippen molar-refractivity contribution >= 4 is 28.3 Å². The van der Waals surface area contributed by atoms with Crippen LogP contribution in [0.5, 0.6) is 0 Å². The molecule has 0 spiro atoms. The van der Waals surface area contributed by atoms with Crippen LogP contribution >= 0.6 is 0 Å². The van der Waals surface area contributed by atoms with Gasteiger partial charge < -0.3 is 5.32 Å². The van der Waals surface area contributed by atoms with Gasteiger partial charge in [-0.25, -0.2) is 0 Å². The van der Waals surface area contributed by atoms with Crippen LogP contribution in [0.15, 0.2) is 60.8 Å². The number of carbonyl (C=O) groups is 2. The van der Waals surface area contributed by atoms with Crippen molar-refractivity contribution in [1.82, 2.24) is 4.98 Å². The molecule has 2 aromatic carbocycles. The molecule has 1 aromatic heterocycles. The van der Waals surface area contributed by atoms with Gasteiger partial charge >= 0.3 is 0 Å². The maximum atomic E-state index is 12.5. The summed E-state index contributed by atoms with van der Waals surface area (Å²) in [5.41, 5.74) is 2.49. The van der Waals surface area contributed by atoms with E-state index in [1.165, 1.54) is 6.92 Å². The fraction of sp³-hybridized carbons (Fsp3) is 0.0556. The van der Waals surface area contributed by atoms with Crippen molar-refractivity contribution in [3.63, 3.8) is 0 Å². The van der Waals surface area contributed by atoms with Gasteiger partial charge in [-0.3, -0.25) is 14.6 Å². The number of nitrogens with zero attached hydrogens (tertiary/aromatic N) is 1. The first-order valence-corrected chi connectivity index (χ1v) is 6.91. The van der Waals surface area contributed by atoms with Crippen LogP contribution in [0, 0.1) is 0 Å². The largest absolute Gasteiger partial charge is 0.322 e. The summed E-state index contributed by atoms with van der Waals surface area (Å²) in [6, 6.07) is 16.1. The highest BCUT2D eigenvalue weighted by atomic mass is 16.1. The Morgan fingerprint density at radius 2 is 1.82 bits per heavy atom. The molecule has 3 rings (SSSR count). The Hall–Kier alpha value is -3.01. The summed E-state index contributed by atoms with van der Waals surface area (Å²) in [5.74, 6) is -0.259. The van der Waals surface area contributed by atoms with Crippen LogP contribution < -0.4 is 5.32 Å². The van der Waals surface area contributed by atoms with Crippen molar-refractivity contribution in [2.24, 2.45) is 0 Å². The molecule has 1 amide bonds. The summed E-state index contributed by atoms with van der Waals surface area (Å²) in [7, 11) is 0. The molecule has 0 aliphatic rings. The first kappa shape index (κ1) is 13.9. The summed E-state index contributed by atoms with van der Waals surface area (Å²) in [6.45, 7) is 1.50. The molecule has 22 heavy (non-hydrogen) atoms. The normalized spacial score (nSPS) is 10.4. The monoisotopic (exact) mass is 290 g/mol. The highest BCUT2D eigenvalue weighted by Crippen LogP contribution is 2.18. The lowest BCUT2D eigenvalue weighted by atomic mass is 10.1. The Kier molecular flexibility index (Phi) is 3.66. The van der Waals surface area contributed by atoms with Gasteiger partial charge in [0.1, 0.15) is 0 Å². The summed E-state index contributed by atoms with van der Waals surface area (Å²) >= 11 is 0. The van der Waals surface area contributed by atoms with E-state index < -0.39 is 0 Å². The Morgan fingerprint density at radius 3 is 2.64 bits per heavy atom. The van der Waals surface area contributed by atoms with Gasteiger partial charge in [-0.15, -0.1) is 0 Å². The number of benzene rings is 2. The number of rotatable bonds is 3. The molecular formula is C18H14N2O2. The predicted octanol–water partition coefficient (Wildman–Crippen LogP) is 3.69. The molecule has 3 aromatic rings. The van der Waals surface area contributed by atoms with Gasteiger partial charge in [0, 0.05) is 22.8 Å². The fourth-order valence-corrected chi connectivity index (χ4v) is 2.31. The predicted molar refractivity (Wildman–Crippen MR) is 86.1 cm³/mol. The Bertz CT molecular complexity index is 866. The standard InChI is InChI=1S/C18H14N2O2/c1-12(21)13-5-4-6-14(11-13)20-18(22)16-9-10-19-17-8-3-2-7-15(16)17/h2-11H,1H3,(H,20,22). The zero-order chi connectivity index (χ0) is 15.5. The molecule has 0 aliphatic carbocycles. The number of hydrogen-bond donors (Lipinski definition) is 1. The third-order valence-corrected chi connectivity index (χ3v) is 3.42. The summed E-state index contributed by atoms with van der Waals surface area (Å²) in [5, 5.41) is 3.62. The van der Waals surface area contributed by atoms with Gasteiger partial charge in [-0.2, -0.15) is 0 Å². The molecule has 108 valence electrons. The summed E-state index contributed by atoms with van der Waals surface area (Å²) in [4.78, 5) is 28.1. The van der Waals surface area contributed by atoms with Gasteiger partial charge in [0.15, 0.2) is 5.78 Å². The lowest BCUT2D eigenvalue weighted by molar-refractivity contribution is 0.101. The third kappa shape index (κ3) is 2.72. The van der Waals surface area contributed by atoms with Crippen molar-refractivity contribution in [3.8, 4) is 0 Å². The molecular weight excluding hydrogens is 276 g/mol. The topological polar surface area (TPSA) is 59.1 Å². The number of hydrogen-bond acceptors (Lipinski definition) is 3. The van der Waals surface area contributed by atoms with E-state index in [1.807, 2.05) is 24.3 Å². The van der Waals surface area contributed by atoms with Gasteiger partial charge in [0.25, 0.3) is 5.91 Å². The molecule has 4 heteroatoms. The van der Waals surface area contributed by atoms with Crippen molar-refractivity contribution in [2.75, 3.05) is 5.32 Å². The van der Waals surface area contributed by atoms with Crippen LogP contribution in [-0.2, 0) is 0 Å². The fourth-order valence-electron chi connectivity index (χ4n) is 2.31. The molecule has 0 atom stereocenters. The molecule has 1 heterocycles. The lowest BCUT2D eigenvalue weighted by Crippen LogP contribution is -2.13. The average Bonchev–Trinajstić information content (AvgIpc) is 2.54. The first-order valence-electron chi connectivity index (χ1n) is 6.91. The SMILES string of the molecule is CC(=O)c1cccc(NC(=O)c2ccnc3ccccc23)c1. The highest BCUT2D eigenvalue weighted by molar-refractivity contribution is 6.12. The van der Waals surface area contributed by atoms with E-state index in [4.69, 9.17) is 0 Å². The molecule has 0 unspecified atom stereocenters. The van der Waals surface area contributed by atoms with E-state index in [9.17, 15) is 9.59 Å². The quantitative estimate of drug-likeness (QED) is 0.748. The molecule has 0 fully saturated rings. The maximum Gasteiger partial charge on any atom is 0.256 e. The molecule has 0 aliphatic heterocycles. The van der Waals surface area contributed by atoms with Crippen LogP contribution in [0.4, 0.5) is 5.69 Å². The Balaban J connectivity index is 1.94. The van der Waals surface area contributed by atoms with Gasteiger partial charge in [0.2, 0.25) is 0 Å². The van der Waals surface area contributed by atoms with Crippen LogP contribution in [0.3, 0.4) is 0 Å². The van der Waals surface area contributed by atoms with Crippen molar-refractivity contribution in [3.05, 3.63) is 71.9 Å². The lowest BCUT2D eigenvalue weighted by Gasteiger charge is -2.08. The molecule has 0 saturated carbocycles. The van der Waals surface area contributed by atoms with E-state index in [0.717, 1.165) is 10.9 Å². The zero-order valence-electron chi connectivity index (χ0n) is 12.0. The van der Waals surface area contributed by atoms with Gasteiger partial charge in [-0.05, 0) is 31.2 Å². The van der Waals surface area contributed by atoms with E-state index in [0.29, 0.717) is 16.8 Å². The molecule has 0 bridgehead atoms. The van der Waals surface area contributed by atoms with Crippen molar-refractivity contribution in [2.45, 2.75) is 6.92 Å². The Morgan fingerprint density at radius 1 is 1.00 bits per heavy atom. The number of anilines is 1. The maximum absolute atomic E-state index is 12.5. The van der Waals surface area contributed by atoms with E-state index in [2.05, 4.69) is 10.3 Å². The second-order valence-corrected chi connectivity index (χ2v) is 4.97. The average molecular weight is 290 g/mol. The molecule has 0 saturated heterocycles. The van der Waals surface area contributed by atoms with Crippen LogP contribution in [-0.4, -0.2) is 16.7 Å². The van der Waals surface area contributed by atoms with Crippen molar-refractivity contribution < 1.29 is 9.59 Å². The summed E-state index contributed by atoms with van der Waals surface area (Å²) in [6.07, 6.45) is 1.61. The minimum atomic E-state index is -0.223. The van der Waals surface area contributed by atoms with Crippen LogP contribution in [0.2, 0.25) is 0 Å². The van der Waals surface area contributed by atoms with Crippen LogP contribution in [0.1, 0.15) is 27.6 Å². The number of amides is 1. The second kappa shape index (κ2) is 5.77. The minimum absolute atomic E-state index is 0.0366. The number of Topliss-reactive ketones (excluding diaryl/α,β-unsaturated/α-hetero) is 1. The van der Waals surface area contributed by atoms with Crippen LogP contribution in [0.25, 0.3) is 10.9 Å².